The highest BCUT2D eigenvalue weighted by atomic mass is 32.2. The molecule has 110 valence electrons. The van der Waals surface area contributed by atoms with Gasteiger partial charge in [-0.2, -0.15) is 13.2 Å². The van der Waals surface area contributed by atoms with Crippen LogP contribution in [0.5, 0.6) is 5.88 Å². The molecule has 0 bridgehead atoms. The number of nitrogens with zero attached hydrogens (tertiary/aromatic N) is 1. The lowest BCUT2D eigenvalue weighted by Crippen LogP contribution is -2.23. The van der Waals surface area contributed by atoms with E-state index >= 15 is 0 Å². The van der Waals surface area contributed by atoms with Gasteiger partial charge in [-0.15, -0.1) is 0 Å². The third-order valence-corrected chi connectivity index (χ3v) is 4.48. The normalized spacial score (nSPS) is 13.3. The summed E-state index contributed by atoms with van der Waals surface area (Å²) in [5.41, 5.74) is -5.22. The number of sulfone groups is 1. The molecule has 0 saturated carbocycles. The van der Waals surface area contributed by atoms with Gasteiger partial charge >= 0.3 is 5.51 Å². The van der Waals surface area contributed by atoms with Crippen LogP contribution in [0.2, 0.25) is 0 Å². The second-order valence-electron chi connectivity index (χ2n) is 4.58. The van der Waals surface area contributed by atoms with Gasteiger partial charge in [0, 0.05) is 11.4 Å². The Hall–Kier alpha value is -1.70. The van der Waals surface area contributed by atoms with Gasteiger partial charge in [0.15, 0.2) is 0 Å². The highest BCUT2D eigenvalue weighted by molar-refractivity contribution is 7.92. The third-order valence-electron chi connectivity index (χ3n) is 2.93. The molecule has 20 heavy (non-hydrogen) atoms. The summed E-state index contributed by atoms with van der Waals surface area (Å²) in [6, 6.07) is 5.29. The maximum absolute atomic E-state index is 12.7. The van der Waals surface area contributed by atoms with E-state index in [9.17, 15) is 26.7 Å². The van der Waals surface area contributed by atoms with E-state index < -0.39 is 32.2 Å². The van der Waals surface area contributed by atoms with Crippen LogP contribution in [0.4, 0.5) is 13.2 Å². The van der Waals surface area contributed by atoms with Crippen molar-refractivity contribution in [1.29, 1.82) is 0 Å². The largest absolute Gasteiger partial charge is 0.502 e. The molecule has 1 heterocycles. The van der Waals surface area contributed by atoms with Crippen LogP contribution in [-0.4, -0.2) is 23.6 Å². The molecule has 1 aromatic heterocycles. The summed E-state index contributed by atoms with van der Waals surface area (Å²) in [5.74, 6) is -0.890. The van der Waals surface area contributed by atoms with Crippen molar-refractivity contribution in [2.24, 2.45) is 0 Å². The second-order valence-corrected chi connectivity index (χ2v) is 6.46. The molecule has 0 fully saturated rings. The number of halogens is 3. The van der Waals surface area contributed by atoms with Gasteiger partial charge in [-0.1, -0.05) is 18.2 Å². The minimum atomic E-state index is -5.62. The lowest BCUT2D eigenvalue weighted by Gasteiger charge is -2.11. The van der Waals surface area contributed by atoms with Crippen molar-refractivity contribution in [3.05, 3.63) is 24.3 Å². The van der Waals surface area contributed by atoms with Crippen molar-refractivity contribution in [1.82, 2.24) is 4.57 Å². The third kappa shape index (κ3) is 1.94. The predicted molar refractivity (Wildman–Crippen MR) is 67.2 cm³/mol. The van der Waals surface area contributed by atoms with Crippen LogP contribution >= 0.6 is 0 Å². The molecule has 0 amide bonds. The number of hydrogen-bond acceptors (Lipinski definition) is 3. The molecule has 2 aromatic rings. The number of aromatic hydroxyl groups is 1. The molecule has 0 unspecified atom stereocenters. The molecule has 0 radical (unpaired) electrons. The predicted octanol–water partition coefficient (Wildman–Crippen LogP) is 3.22. The minimum Gasteiger partial charge on any atom is -0.493 e. The van der Waals surface area contributed by atoms with Crippen LogP contribution in [0.25, 0.3) is 10.9 Å². The van der Waals surface area contributed by atoms with Gasteiger partial charge in [-0.05, 0) is 19.9 Å². The van der Waals surface area contributed by atoms with Gasteiger partial charge in [0.05, 0.1) is 5.52 Å². The first-order valence-corrected chi connectivity index (χ1v) is 7.20. The average Bonchev–Trinajstić information content (AvgIpc) is 2.59. The zero-order chi connectivity index (χ0) is 15.3. The first-order valence-electron chi connectivity index (χ1n) is 5.72. The van der Waals surface area contributed by atoms with Crippen molar-refractivity contribution in [2.75, 3.05) is 0 Å². The SMILES string of the molecule is CC(C)n1c(O)c(S(=O)(=O)C(F)(F)F)c2ccccc21. The van der Waals surface area contributed by atoms with Gasteiger partial charge in [0.25, 0.3) is 9.84 Å². The molecule has 0 aliphatic carbocycles. The maximum atomic E-state index is 12.7. The molecule has 2 rings (SSSR count). The standard InChI is InChI=1S/C12H12F3NO3S/c1-7(2)16-9-6-4-3-5-8(9)10(11(16)17)20(18,19)12(13,14)15/h3-7,17H,1-2H3. The van der Waals surface area contributed by atoms with Crippen LogP contribution in [-0.2, 0) is 9.84 Å². The Morgan fingerprint density at radius 3 is 2.25 bits per heavy atom. The smallest absolute Gasteiger partial charge is 0.493 e. The van der Waals surface area contributed by atoms with Crippen LogP contribution in [0.15, 0.2) is 29.2 Å². The lowest BCUT2D eigenvalue weighted by atomic mass is 10.2. The first-order chi connectivity index (χ1) is 9.09. The summed E-state index contributed by atoms with van der Waals surface area (Å²) in [5, 5.41) is 9.82. The quantitative estimate of drug-likeness (QED) is 0.926. The van der Waals surface area contributed by atoms with Gasteiger partial charge < -0.3 is 9.67 Å². The van der Waals surface area contributed by atoms with Crippen LogP contribution in [0, 0.1) is 0 Å². The zero-order valence-electron chi connectivity index (χ0n) is 10.6. The van der Waals surface area contributed by atoms with E-state index in [0.29, 0.717) is 0 Å². The Balaban J connectivity index is 2.96. The summed E-state index contributed by atoms with van der Waals surface area (Å²) >= 11 is 0. The molecular formula is C12H12F3NO3S. The summed E-state index contributed by atoms with van der Waals surface area (Å²) in [7, 11) is -5.62. The first kappa shape index (κ1) is 14.7. The van der Waals surface area contributed by atoms with E-state index in [1.54, 1.807) is 19.9 Å². The Bertz CT molecular complexity index is 760. The number of alkyl halides is 3. The highest BCUT2D eigenvalue weighted by Crippen LogP contribution is 2.42. The van der Waals surface area contributed by atoms with Crippen molar-refractivity contribution in [3.8, 4) is 5.88 Å². The number of aromatic nitrogens is 1. The number of para-hydroxylation sites is 1. The van der Waals surface area contributed by atoms with Crippen molar-refractivity contribution in [2.45, 2.75) is 30.3 Å². The lowest BCUT2D eigenvalue weighted by molar-refractivity contribution is -0.0436. The number of rotatable bonds is 2. The van der Waals surface area contributed by atoms with E-state index in [1.807, 2.05) is 0 Å². The fourth-order valence-electron chi connectivity index (χ4n) is 2.12. The minimum absolute atomic E-state index is 0.143. The monoisotopic (exact) mass is 307 g/mol. The van der Waals surface area contributed by atoms with E-state index in [0.717, 1.165) is 4.57 Å². The Morgan fingerprint density at radius 2 is 1.75 bits per heavy atom. The van der Waals surface area contributed by atoms with Gasteiger partial charge in [0.1, 0.15) is 4.90 Å². The van der Waals surface area contributed by atoms with Crippen LogP contribution in [0.1, 0.15) is 19.9 Å². The molecule has 1 N–H and O–H groups in total. The molecule has 0 saturated heterocycles. The van der Waals surface area contributed by atoms with E-state index in [1.165, 1.54) is 18.2 Å². The van der Waals surface area contributed by atoms with Crippen molar-refractivity contribution in [3.63, 3.8) is 0 Å². The summed E-state index contributed by atoms with van der Waals surface area (Å²) in [6.07, 6.45) is 0. The second kappa shape index (κ2) is 4.41. The Kier molecular flexibility index (Phi) is 3.24. The molecule has 0 atom stereocenters. The number of hydrogen-bond donors (Lipinski definition) is 1. The maximum Gasteiger partial charge on any atom is 0.502 e. The molecule has 0 aliphatic heterocycles. The molecule has 4 nitrogen and oxygen atoms in total. The van der Waals surface area contributed by atoms with Gasteiger partial charge in [0.2, 0.25) is 5.88 Å². The molecular weight excluding hydrogens is 295 g/mol. The van der Waals surface area contributed by atoms with Gasteiger partial charge in [-0.3, -0.25) is 0 Å². The topological polar surface area (TPSA) is 59.3 Å². The Morgan fingerprint density at radius 1 is 1.20 bits per heavy atom. The van der Waals surface area contributed by atoms with Crippen LogP contribution < -0.4 is 0 Å². The highest BCUT2D eigenvalue weighted by Gasteiger charge is 2.50. The summed E-state index contributed by atoms with van der Waals surface area (Å²) < 4.78 is 62.6. The molecule has 0 aliphatic rings. The van der Waals surface area contributed by atoms with Crippen LogP contribution in [0.3, 0.4) is 0 Å². The van der Waals surface area contributed by atoms with E-state index in [2.05, 4.69) is 0 Å². The van der Waals surface area contributed by atoms with E-state index in [-0.39, 0.29) is 10.9 Å². The molecule has 8 heteroatoms. The van der Waals surface area contributed by atoms with E-state index in [4.69, 9.17) is 0 Å². The fraction of sp³-hybridized carbons (Fsp3) is 0.333. The van der Waals surface area contributed by atoms with Gasteiger partial charge in [-0.25, -0.2) is 8.42 Å². The average molecular weight is 307 g/mol. The van der Waals surface area contributed by atoms with Crippen molar-refractivity contribution >= 4 is 20.7 Å². The summed E-state index contributed by atoms with van der Waals surface area (Å²) in [4.78, 5) is -1.09. The van der Waals surface area contributed by atoms with Crippen molar-refractivity contribution < 1.29 is 26.7 Å². The summed E-state index contributed by atoms with van der Waals surface area (Å²) in [6.45, 7) is 3.27. The number of fused-ring (bicyclic) bond motifs is 1. The number of benzene rings is 1. The zero-order valence-corrected chi connectivity index (χ0v) is 11.5. The Labute approximate surface area is 113 Å². The molecule has 0 spiro atoms. The molecule has 1 aromatic carbocycles. The fourth-order valence-corrected chi connectivity index (χ4v) is 3.16.